The molecule has 0 aromatic heterocycles. The average Bonchev–Trinajstić information content (AvgIpc) is 2.45. The van der Waals surface area contributed by atoms with Crippen LogP contribution in [0.25, 0.3) is 0 Å². The van der Waals surface area contributed by atoms with E-state index in [4.69, 9.17) is 6.42 Å². The first-order chi connectivity index (χ1) is 5.73. The number of hydrogen-bond donors (Lipinski definition) is 1. The maximum absolute atomic E-state index is 9.95. The molecule has 0 aromatic rings. The van der Waals surface area contributed by atoms with Crippen molar-refractivity contribution in [3.05, 3.63) is 0 Å². The number of terminal acetylenes is 1. The van der Waals surface area contributed by atoms with Gasteiger partial charge in [0.15, 0.2) is 0 Å². The minimum Gasteiger partial charge on any atom is -0.377 e. The van der Waals surface area contributed by atoms with Crippen molar-refractivity contribution >= 4 is 0 Å². The second-order valence-corrected chi connectivity index (χ2v) is 3.80. The van der Waals surface area contributed by atoms with Gasteiger partial charge in [0.2, 0.25) is 0 Å². The quantitative estimate of drug-likeness (QED) is 0.638. The Hall–Kier alpha value is -0.480. The molecule has 0 spiro atoms. The van der Waals surface area contributed by atoms with Gasteiger partial charge in [-0.2, -0.15) is 0 Å². The largest absolute Gasteiger partial charge is 0.377 e. The molecule has 68 valence electrons. The topological polar surface area (TPSA) is 20.2 Å². The predicted molar refractivity (Wildman–Crippen MR) is 50.6 cm³/mol. The van der Waals surface area contributed by atoms with Crippen LogP contribution in [0.4, 0.5) is 0 Å². The minimum atomic E-state index is -0.769. The number of rotatable bonds is 3. The summed E-state index contributed by atoms with van der Waals surface area (Å²) in [6.45, 7) is 2.17. The predicted octanol–water partition coefficient (Wildman–Crippen LogP) is 2.34. The van der Waals surface area contributed by atoms with Gasteiger partial charge in [-0.05, 0) is 31.6 Å². The van der Waals surface area contributed by atoms with Crippen LogP contribution < -0.4 is 0 Å². The van der Waals surface area contributed by atoms with Crippen molar-refractivity contribution in [3.63, 3.8) is 0 Å². The molecule has 0 bridgehead atoms. The molecule has 1 aliphatic rings. The van der Waals surface area contributed by atoms with Crippen LogP contribution in [0.1, 0.15) is 45.4 Å². The highest BCUT2D eigenvalue weighted by atomic mass is 16.3. The highest BCUT2D eigenvalue weighted by Crippen LogP contribution is 2.38. The zero-order valence-electron chi connectivity index (χ0n) is 7.84. The Bertz CT molecular complexity index is 180. The lowest BCUT2D eigenvalue weighted by Crippen LogP contribution is -2.30. The second-order valence-electron chi connectivity index (χ2n) is 3.80. The highest BCUT2D eigenvalue weighted by molar-refractivity contribution is 5.13. The summed E-state index contributed by atoms with van der Waals surface area (Å²) in [5, 5.41) is 9.95. The fourth-order valence-electron chi connectivity index (χ4n) is 2.08. The van der Waals surface area contributed by atoms with Crippen molar-refractivity contribution in [3.8, 4) is 12.3 Å². The van der Waals surface area contributed by atoms with E-state index in [9.17, 15) is 5.11 Å². The molecule has 2 atom stereocenters. The van der Waals surface area contributed by atoms with Gasteiger partial charge in [-0.15, -0.1) is 6.42 Å². The molecule has 1 saturated carbocycles. The van der Waals surface area contributed by atoms with Gasteiger partial charge in [0.05, 0.1) is 0 Å². The summed E-state index contributed by atoms with van der Waals surface area (Å²) in [6.07, 6.45) is 11.8. The van der Waals surface area contributed by atoms with Crippen LogP contribution in [-0.2, 0) is 0 Å². The fraction of sp³-hybridized carbons (Fsp3) is 0.818. The van der Waals surface area contributed by atoms with E-state index in [0.717, 1.165) is 25.7 Å². The van der Waals surface area contributed by atoms with Gasteiger partial charge in [0.1, 0.15) is 5.60 Å². The molecule has 0 saturated heterocycles. The van der Waals surface area contributed by atoms with Gasteiger partial charge in [-0.1, -0.05) is 25.7 Å². The van der Waals surface area contributed by atoms with E-state index >= 15 is 0 Å². The summed E-state index contributed by atoms with van der Waals surface area (Å²) in [4.78, 5) is 0. The molecule has 12 heavy (non-hydrogen) atoms. The molecular weight excluding hydrogens is 148 g/mol. The average molecular weight is 166 g/mol. The van der Waals surface area contributed by atoms with Gasteiger partial charge >= 0.3 is 0 Å². The minimum absolute atomic E-state index is 0.363. The van der Waals surface area contributed by atoms with Crippen molar-refractivity contribution in [1.29, 1.82) is 0 Å². The van der Waals surface area contributed by atoms with E-state index in [0.29, 0.717) is 5.92 Å². The maximum Gasteiger partial charge on any atom is 0.128 e. The van der Waals surface area contributed by atoms with Crippen molar-refractivity contribution in [1.82, 2.24) is 0 Å². The van der Waals surface area contributed by atoms with Gasteiger partial charge in [-0.25, -0.2) is 0 Å². The van der Waals surface area contributed by atoms with Gasteiger partial charge in [-0.3, -0.25) is 0 Å². The molecule has 1 rings (SSSR count). The van der Waals surface area contributed by atoms with E-state index in [2.05, 4.69) is 12.8 Å². The normalized spacial score (nSPS) is 34.9. The number of unbranched alkanes of at least 4 members (excludes halogenated alkanes) is 1. The second kappa shape index (κ2) is 3.96. The summed E-state index contributed by atoms with van der Waals surface area (Å²) in [5.74, 6) is 2.92. The highest BCUT2D eigenvalue weighted by Gasteiger charge is 2.38. The lowest BCUT2D eigenvalue weighted by atomic mass is 9.87. The Labute approximate surface area is 75.2 Å². The van der Waals surface area contributed by atoms with Gasteiger partial charge in [0.25, 0.3) is 0 Å². The Morgan fingerprint density at radius 3 is 3.00 bits per heavy atom. The summed E-state index contributed by atoms with van der Waals surface area (Å²) in [6, 6.07) is 0. The van der Waals surface area contributed by atoms with Gasteiger partial charge < -0.3 is 5.11 Å². The Kier molecular flexibility index (Phi) is 3.17. The molecule has 1 heteroatoms. The zero-order valence-corrected chi connectivity index (χ0v) is 7.84. The molecule has 0 aromatic carbocycles. The fourth-order valence-corrected chi connectivity index (χ4v) is 2.08. The molecule has 1 N–H and O–H groups in total. The van der Waals surface area contributed by atoms with Crippen LogP contribution in [0.2, 0.25) is 0 Å². The lowest BCUT2D eigenvalue weighted by Gasteiger charge is -2.24. The van der Waals surface area contributed by atoms with Crippen molar-refractivity contribution in [2.45, 2.75) is 51.0 Å². The van der Waals surface area contributed by atoms with E-state index in [1.54, 1.807) is 0 Å². The number of hydrogen-bond acceptors (Lipinski definition) is 1. The maximum atomic E-state index is 9.95. The van der Waals surface area contributed by atoms with Crippen LogP contribution in [0.3, 0.4) is 0 Å². The zero-order chi connectivity index (χ0) is 9.03. The Balaban J connectivity index is 2.47. The van der Waals surface area contributed by atoms with Crippen LogP contribution >= 0.6 is 0 Å². The van der Waals surface area contributed by atoms with E-state index in [-0.39, 0.29) is 0 Å². The standard InChI is InChI=1S/C11H18O/c1-3-5-7-10-8-6-9-11(10,12)4-2/h2,10,12H,3,5-9H2,1H3/t10-,11-/m0/s1. The van der Waals surface area contributed by atoms with Crippen LogP contribution in [-0.4, -0.2) is 10.7 Å². The van der Waals surface area contributed by atoms with Crippen molar-refractivity contribution in [2.75, 3.05) is 0 Å². The molecule has 1 nitrogen and oxygen atoms in total. The Morgan fingerprint density at radius 1 is 1.67 bits per heavy atom. The molecule has 1 aliphatic carbocycles. The van der Waals surface area contributed by atoms with Crippen LogP contribution in [0.5, 0.6) is 0 Å². The SMILES string of the molecule is C#C[C@]1(O)CCC[C@@H]1CCCC. The van der Waals surface area contributed by atoms with E-state index in [1.807, 2.05) is 0 Å². The van der Waals surface area contributed by atoms with E-state index in [1.165, 1.54) is 12.8 Å². The molecule has 0 heterocycles. The molecule has 0 unspecified atom stereocenters. The van der Waals surface area contributed by atoms with Crippen molar-refractivity contribution < 1.29 is 5.11 Å². The lowest BCUT2D eigenvalue weighted by molar-refractivity contribution is 0.0564. The van der Waals surface area contributed by atoms with Gasteiger partial charge in [0, 0.05) is 0 Å². The van der Waals surface area contributed by atoms with Crippen LogP contribution in [0, 0.1) is 18.3 Å². The van der Waals surface area contributed by atoms with Crippen LogP contribution in [0.15, 0.2) is 0 Å². The Morgan fingerprint density at radius 2 is 2.42 bits per heavy atom. The molecule has 0 amide bonds. The first-order valence-electron chi connectivity index (χ1n) is 4.93. The molecular formula is C11H18O. The molecule has 0 radical (unpaired) electrons. The smallest absolute Gasteiger partial charge is 0.128 e. The first kappa shape index (κ1) is 9.61. The molecule has 1 fully saturated rings. The van der Waals surface area contributed by atoms with E-state index < -0.39 is 5.60 Å². The monoisotopic (exact) mass is 166 g/mol. The summed E-state index contributed by atoms with van der Waals surface area (Å²) < 4.78 is 0. The summed E-state index contributed by atoms with van der Waals surface area (Å²) >= 11 is 0. The van der Waals surface area contributed by atoms with Crippen molar-refractivity contribution in [2.24, 2.45) is 5.92 Å². The summed E-state index contributed by atoms with van der Waals surface area (Å²) in [7, 11) is 0. The first-order valence-corrected chi connectivity index (χ1v) is 4.93. The third kappa shape index (κ3) is 1.81. The summed E-state index contributed by atoms with van der Waals surface area (Å²) in [5.41, 5.74) is -0.769. The molecule has 0 aliphatic heterocycles. The number of aliphatic hydroxyl groups is 1. The third-order valence-corrected chi connectivity index (χ3v) is 2.94. The third-order valence-electron chi connectivity index (χ3n) is 2.94.